The number of ether oxygens (including phenoxy) is 1. The summed E-state index contributed by atoms with van der Waals surface area (Å²) in [6, 6.07) is 21.7. The maximum atomic E-state index is 13.5. The highest BCUT2D eigenvalue weighted by Gasteiger charge is 2.31. The number of anilines is 1. The molecule has 41 heavy (non-hydrogen) atoms. The third kappa shape index (κ3) is 8.08. The van der Waals surface area contributed by atoms with Gasteiger partial charge in [0.2, 0.25) is 0 Å². The van der Waals surface area contributed by atoms with Crippen LogP contribution in [0.2, 0.25) is 5.02 Å². The highest BCUT2D eigenvalue weighted by atomic mass is 35.5. The first-order valence-electron chi connectivity index (χ1n) is 12.8. The molecule has 0 saturated heterocycles. The van der Waals surface area contributed by atoms with Crippen LogP contribution in [-0.2, 0) is 22.3 Å². The number of rotatable bonds is 10. The van der Waals surface area contributed by atoms with Crippen molar-refractivity contribution in [3.8, 4) is 22.3 Å². The first-order valence-corrected chi connectivity index (χ1v) is 13.2. The number of pyridine rings is 1. The molecule has 0 atom stereocenters. The van der Waals surface area contributed by atoms with Crippen LogP contribution in [0.3, 0.4) is 0 Å². The fourth-order valence-electron chi connectivity index (χ4n) is 4.09. The van der Waals surface area contributed by atoms with E-state index in [1.165, 1.54) is 18.3 Å². The number of alkyl halides is 3. The zero-order valence-electron chi connectivity index (χ0n) is 22.1. The molecular weight excluding hydrogens is 555 g/mol. The molecule has 10 heteroatoms. The summed E-state index contributed by atoms with van der Waals surface area (Å²) < 4.78 is 45.4. The highest BCUT2D eigenvalue weighted by molar-refractivity contribution is 6.30. The lowest BCUT2D eigenvalue weighted by atomic mass is 9.97. The number of nitrogens with one attached hydrogen (secondary N) is 2. The van der Waals surface area contributed by atoms with Gasteiger partial charge in [-0.05, 0) is 71.6 Å². The number of benzene rings is 3. The van der Waals surface area contributed by atoms with Crippen molar-refractivity contribution in [2.45, 2.75) is 26.1 Å². The van der Waals surface area contributed by atoms with Gasteiger partial charge >= 0.3 is 12.1 Å². The van der Waals surface area contributed by atoms with E-state index in [1.807, 2.05) is 48.5 Å². The highest BCUT2D eigenvalue weighted by Crippen LogP contribution is 2.34. The molecule has 1 heterocycles. The average molecular weight is 582 g/mol. The van der Waals surface area contributed by atoms with Gasteiger partial charge in [-0.2, -0.15) is 13.2 Å². The van der Waals surface area contributed by atoms with Gasteiger partial charge in [-0.3, -0.25) is 14.6 Å². The van der Waals surface area contributed by atoms with Crippen molar-refractivity contribution >= 4 is 29.2 Å². The zero-order valence-corrected chi connectivity index (χ0v) is 22.9. The summed E-state index contributed by atoms with van der Waals surface area (Å²) in [6.07, 6.45) is -3.15. The quantitative estimate of drug-likeness (QED) is 0.191. The molecule has 1 amide bonds. The third-order valence-electron chi connectivity index (χ3n) is 6.21. The van der Waals surface area contributed by atoms with Gasteiger partial charge in [0.1, 0.15) is 5.69 Å². The maximum absolute atomic E-state index is 13.5. The van der Waals surface area contributed by atoms with Gasteiger partial charge in [0.25, 0.3) is 5.91 Å². The number of aromatic nitrogens is 1. The molecule has 6 nitrogen and oxygen atoms in total. The van der Waals surface area contributed by atoms with Crippen LogP contribution in [0.1, 0.15) is 35.0 Å². The molecule has 0 bridgehead atoms. The molecule has 212 valence electrons. The van der Waals surface area contributed by atoms with Crippen molar-refractivity contribution < 1.29 is 27.5 Å². The van der Waals surface area contributed by atoms with Crippen LogP contribution in [-0.4, -0.2) is 30.0 Å². The van der Waals surface area contributed by atoms with E-state index in [0.29, 0.717) is 21.7 Å². The molecule has 0 saturated carbocycles. The normalized spacial score (nSPS) is 11.1. The fourth-order valence-corrected chi connectivity index (χ4v) is 4.21. The second kappa shape index (κ2) is 13.3. The average Bonchev–Trinajstić information content (AvgIpc) is 2.96. The molecule has 2 N–H and O–H groups in total. The van der Waals surface area contributed by atoms with Gasteiger partial charge < -0.3 is 15.4 Å². The fraction of sp³-hybridized carbons (Fsp3) is 0.194. The Kier molecular flexibility index (Phi) is 9.62. The zero-order chi connectivity index (χ0) is 29.4. The maximum Gasteiger partial charge on any atom is 0.416 e. The second-order valence-electron chi connectivity index (χ2n) is 9.05. The molecular formula is C31H27ClF3N3O3. The van der Waals surface area contributed by atoms with Crippen LogP contribution in [0.5, 0.6) is 0 Å². The Labute approximate surface area is 240 Å². The van der Waals surface area contributed by atoms with E-state index in [-0.39, 0.29) is 31.8 Å². The van der Waals surface area contributed by atoms with Gasteiger partial charge in [-0.1, -0.05) is 48.0 Å². The number of hydrogen-bond donors (Lipinski definition) is 2. The Morgan fingerprint density at radius 3 is 2.17 bits per heavy atom. The molecule has 0 fully saturated rings. The minimum Gasteiger partial charge on any atom is -0.466 e. The van der Waals surface area contributed by atoms with Crippen LogP contribution in [0.25, 0.3) is 22.3 Å². The van der Waals surface area contributed by atoms with Crippen LogP contribution in [0.15, 0.2) is 85.1 Å². The van der Waals surface area contributed by atoms with Gasteiger partial charge in [-0.25, -0.2) is 0 Å². The number of carbonyl (C=O) groups excluding carboxylic acids is 2. The smallest absolute Gasteiger partial charge is 0.416 e. The van der Waals surface area contributed by atoms with Crippen molar-refractivity contribution in [2.75, 3.05) is 18.5 Å². The first-order chi connectivity index (χ1) is 19.6. The van der Waals surface area contributed by atoms with E-state index in [1.54, 1.807) is 13.0 Å². The van der Waals surface area contributed by atoms with Gasteiger partial charge in [0.05, 0.1) is 18.6 Å². The number of esters is 1. The minimum absolute atomic E-state index is 0.0160. The molecule has 1 aromatic heterocycles. The van der Waals surface area contributed by atoms with Crippen LogP contribution >= 0.6 is 11.6 Å². The molecule has 3 aromatic carbocycles. The molecule has 0 aliphatic carbocycles. The van der Waals surface area contributed by atoms with Crippen LogP contribution < -0.4 is 10.6 Å². The van der Waals surface area contributed by atoms with Crippen LogP contribution in [0, 0.1) is 0 Å². The number of hydrogen-bond acceptors (Lipinski definition) is 5. The first kappa shape index (κ1) is 29.6. The van der Waals surface area contributed by atoms with Gasteiger partial charge in [0.15, 0.2) is 0 Å². The van der Waals surface area contributed by atoms with E-state index in [4.69, 9.17) is 16.3 Å². The summed E-state index contributed by atoms with van der Waals surface area (Å²) in [5, 5.41) is 6.49. The van der Waals surface area contributed by atoms with E-state index in [9.17, 15) is 22.8 Å². The van der Waals surface area contributed by atoms with Crippen molar-refractivity contribution in [3.05, 3.63) is 107 Å². The SMILES string of the molecule is CCOC(=O)CCNC(=O)c1ccc(-c2cc(C(F)(F)F)ccc2CNc2ccc(-c3ccc(Cl)cc3)cc2)cn1. The molecule has 4 aromatic rings. The summed E-state index contributed by atoms with van der Waals surface area (Å²) in [4.78, 5) is 28.0. The topological polar surface area (TPSA) is 80.3 Å². The van der Waals surface area contributed by atoms with E-state index in [2.05, 4.69) is 15.6 Å². The Balaban J connectivity index is 1.49. The van der Waals surface area contributed by atoms with Crippen molar-refractivity contribution in [3.63, 3.8) is 0 Å². The van der Waals surface area contributed by atoms with Gasteiger partial charge in [0, 0.05) is 35.6 Å². The summed E-state index contributed by atoms with van der Waals surface area (Å²) >= 11 is 5.97. The van der Waals surface area contributed by atoms with E-state index < -0.39 is 23.6 Å². The van der Waals surface area contributed by atoms with E-state index in [0.717, 1.165) is 28.9 Å². The van der Waals surface area contributed by atoms with E-state index >= 15 is 0 Å². The molecule has 0 unspecified atom stereocenters. The van der Waals surface area contributed by atoms with Crippen molar-refractivity contribution in [1.29, 1.82) is 0 Å². The molecule has 4 rings (SSSR count). The van der Waals surface area contributed by atoms with Crippen LogP contribution in [0.4, 0.5) is 18.9 Å². The lowest BCUT2D eigenvalue weighted by molar-refractivity contribution is -0.143. The molecule has 0 spiro atoms. The second-order valence-corrected chi connectivity index (χ2v) is 9.49. The third-order valence-corrected chi connectivity index (χ3v) is 6.46. The Hall–Kier alpha value is -4.37. The molecule has 0 radical (unpaired) electrons. The Morgan fingerprint density at radius 2 is 1.56 bits per heavy atom. The number of amides is 1. The minimum atomic E-state index is -4.52. The summed E-state index contributed by atoms with van der Waals surface area (Å²) in [7, 11) is 0. The molecule has 0 aliphatic rings. The predicted octanol–water partition coefficient (Wildman–Crippen LogP) is 7.38. The van der Waals surface area contributed by atoms with Gasteiger partial charge in [-0.15, -0.1) is 0 Å². The van der Waals surface area contributed by atoms with Crippen molar-refractivity contribution in [1.82, 2.24) is 10.3 Å². The summed E-state index contributed by atoms with van der Waals surface area (Å²) in [5.41, 5.74) is 3.47. The standard InChI is InChI=1S/C31H27ClF3N3O3/c1-2-41-29(39)15-16-36-30(40)28-14-8-23(19-38-28)27-17-24(31(33,34)35)9-3-22(27)18-37-26-12-6-21(7-13-26)20-4-10-25(32)11-5-20/h3-14,17,19,37H,2,15-16,18H2,1H3,(H,36,40). The largest absolute Gasteiger partial charge is 0.466 e. The Bertz CT molecular complexity index is 1490. The summed E-state index contributed by atoms with van der Waals surface area (Å²) in [6.45, 7) is 2.27. The lowest BCUT2D eigenvalue weighted by Crippen LogP contribution is -2.27. The summed E-state index contributed by atoms with van der Waals surface area (Å²) in [5.74, 6) is -0.937. The predicted molar refractivity (Wildman–Crippen MR) is 152 cm³/mol. The lowest BCUT2D eigenvalue weighted by Gasteiger charge is -2.15. The van der Waals surface area contributed by atoms with Crippen molar-refractivity contribution in [2.24, 2.45) is 0 Å². The number of nitrogens with zero attached hydrogens (tertiary/aromatic N) is 1. The number of halogens is 4. The molecule has 0 aliphatic heterocycles. The monoisotopic (exact) mass is 581 g/mol. The number of carbonyl (C=O) groups is 2. The Morgan fingerprint density at radius 1 is 0.902 bits per heavy atom.